The lowest BCUT2D eigenvalue weighted by Crippen LogP contribution is -2.01. The van der Waals surface area contributed by atoms with Crippen molar-refractivity contribution in [3.8, 4) is 11.8 Å². The zero-order valence-corrected chi connectivity index (χ0v) is 22.4. The molecule has 0 fully saturated rings. The van der Waals surface area contributed by atoms with Gasteiger partial charge < -0.3 is 4.74 Å². The third-order valence-corrected chi connectivity index (χ3v) is 7.37. The number of alkyl halides is 1. The maximum atomic E-state index is 8.89. The zero-order chi connectivity index (χ0) is 23.1. The van der Waals surface area contributed by atoms with Crippen LogP contribution in [0, 0.1) is 18.3 Å². The van der Waals surface area contributed by atoms with Crippen molar-refractivity contribution in [1.82, 2.24) is 0 Å². The summed E-state index contributed by atoms with van der Waals surface area (Å²) in [7, 11) is 0. The summed E-state index contributed by atoms with van der Waals surface area (Å²) in [5.74, 6) is 2.46. The minimum Gasteiger partial charge on any atom is -0.493 e. The van der Waals surface area contributed by atoms with Crippen LogP contribution < -0.4 is 4.74 Å². The largest absolute Gasteiger partial charge is 0.493 e. The number of hydrogen-bond acceptors (Lipinski definition) is 2. The van der Waals surface area contributed by atoms with Gasteiger partial charge in [-0.2, -0.15) is 5.26 Å². The van der Waals surface area contributed by atoms with Crippen LogP contribution in [0.3, 0.4) is 0 Å². The van der Waals surface area contributed by atoms with Crippen molar-refractivity contribution in [3.05, 3.63) is 63.2 Å². The fourth-order valence-electron chi connectivity index (χ4n) is 5.88. The molecule has 0 spiro atoms. The van der Waals surface area contributed by atoms with Crippen molar-refractivity contribution >= 4 is 22.6 Å². The first-order valence-electron chi connectivity index (χ1n) is 12.3. The van der Waals surface area contributed by atoms with Crippen molar-refractivity contribution in [2.75, 3.05) is 11.5 Å². The molecule has 2 aromatic rings. The normalized spacial score (nSPS) is 18.8. The maximum Gasteiger partial charge on any atom is 0.122 e. The van der Waals surface area contributed by atoms with Gasteiger partial charge in [-0.1, -0.05) is 68.5 Å². The minimum atomic E-state index is 0. The second kappa shape index (κ2) is 13.4. The molecular formula is C30H42INO. The van der Waals surface area contributed by atoms with Gasteiger partial charge in [-0.05, 0) is 102 Å². The van der Waals surface area contributed by atoms with Crippen molar-refractivity contribution in [3.63, 3.8) is 0 Å². The van der Waals surface area contributed by atoms with Gasteiger partial charge in [0.2, 0.25) is 0 Å². The summed E-state index contributed by atoms with van der Waals surface area (Å²) in [4.78, 5) is 1.97. The van der Waals surface area contributed by atoms with Crippen LogP contribution in [0.15, 0.2) is 24.3 Å². The van der Waals surface area contributed by atoms with E-state index < -0.39 is 0 Å². The van der Waals surface area contributed by atoms with Crippen LogP contribution in [0.4, 0.5) is 0 Å². The van der Waals surface area contributed by atoms with Gasteiger partial charge >= 0.3 is 0 Å². The van der Waals surface area contributed by atoms with Crippen molar-refractivity contribution in [2.45, 2.75) is 97.8 Å². The second-order valence-corrected chi connectivity index (χ2v) is 9.14. The SMILES string of the molecule is C.CCCc1c(C)ccc2c1[C@H](CC#N)CC2.CC[C@@H]1CCc2ccc3c(c21)CCO3.CI. The van der Waals surface area contributed by atoms with Crippen LogP contribution >= 0.6 is 22.6 Å². The zero-order valence-electron chi connectivity index (χ0n) is 20.3. The molecular weight excluding hydrogens is 517 g/mol. The number of aryl methyl sites for hydroxylation is 3. The van der Waals surface area contributed by atoms with Crippen LogP contribution in [0.25, 0.3) is 0 Å². The monoisotopic (exact) mass is 559 g/mol. The maximum absolute atomic E-state index is 8.89. The molecule has 180 valence electrons. The summed E-state index contributed by atoms with van der Waals surface area (Å²) in [6, 6.07) is 11.3. The first kappa shape index (κ1) is 27.7. The lowest BCUT2D eigenvalue weighted by Gasteiger charge is -2.15. The molecule has 0 saturated carbocycles. The predicted octanol–water partition coefficient (Wildman–Crippen LogP) is 8.64. The van der Waals surface area contributed by atoms with E-state index >= 15 is 0 Å². The summed E-state index contributed by atoms with van der Waals surface area (Å²) in [6.07, 6.45) is 10.4. The van der Waals surface area contributed by atoms with Gasteiger partial charge in [-0.25, -0.2) is 0 Å². The summed E-state index contributed by atoms with van der Waals surface area (Å²) >= 11 is 2.15. The third kappa shape index (κ3) is 5.94. The molecule has 2 aromatic carbocycles. The highest BCUT2D eigenvalue weighted by Crippen LogP contribution is 2.43. The molecule has 0 bridgehead atoms. The first-order valence-corrected chi connectivity index (χ1v) is 14.5. The molecule has 2 nitrogen and oxygen atoms in total. The number of fused-ring (bicyclic) bond motifs is 4. The molecule has 1 aliphatic heterocycles. The number of nitriles is 1. The van der Waals surface area contributed by atoms with E-state index in [1.165, 1.54) is 66.3 Å². The van der Waals surface area contributed by atoms with Crippen LogP contribution in [0.5, 0.6) is 5.75 Å². The van der Waals surface area contributed by atoms with E-state index in [1.54, 1.807) is 11.1 Å². The lowest BCUT2D eigenvalue weighted by atomic mass is 9.89. The predicted molar refractivity (Wildman–Crippen MR) is 150 cm³/mol. The highest BCUT2D eigenvalue weighted by atomic mass is 127. The first-order chi connectivity index (χ1) is 15.7. The van der Waals surface area contributed by atoms with E-state index in [0.29, 0.717) is 12.3 Å². The standard InChI is InChI=1S/C15H19N.C13H16O.CH3I.CH4/c1-3-4-14-11(2)5-6-12-7-8-13(9-10-16)15(12)14;1-2-9-3-4-10-5-6-12-11(13(9)10)7-8-14-12;1-2;/h5-6,13H,3-4,7-9H2,1-2H3;5-6,9H,2-4,7-8H2,1H3;1H3;1H4/t13-;9-;;/m01../s1. The van der Waals surface area contributed by atoms with Gasteiger partial charge in [0.05, 0.1) is 12.7 Å². The quantitative estimate of drug-likeness (QED) is 0.278. The van der Waals surface area contributed by atoms with Gasteiger partial charge in [-0.3, -0.25) is 0 Å². The van der Waals surface area contributed by atoms with E-state index in [-0.39, 0.29) is 7.43 Å². The topological polar surface area (TPSA) is 33.0 Å². The fraction of sp³-hybridized carbons (Fsp3) is 0.567. The highest BCUT2D eigenvalue weighted by Gasteiger charge is 2.28. The van der Waals surface area contributed by atoms with Crippen LogP contribution in [0.1, 0.15) is 104 Å². The van der Waals surface area contributed by atoms with Gasteiger partial charge in [0.25, 0.3) is 0 Å². The van der Waals surface area contributed by atoms with E-state index in [4.69, 9.17) is 10.00 Å². The number of rotatable bonds is 4. The molecule has 0 unspecified atom stereocenters. The van der Waals surface area contributed by atoms with Crippen LogP contribution in [-0.4, -0.2) is 11.5 Å². The van der Waals surface area contributed by atoms with E-state index in [9.17, 15) is 0 Å². The number of halogens is 1. The Kier molecular flexibility index (Phi) is 11.2. The minimum absolute atomic E-state index is 0. The smallest absolute Gasteiger partial charge is 0.122 e. The van der Waals surface area contributed by atoms with Gasteiger partial charge in [0.1, 0.15) is 5.75 Å². The molecule has 5 rings (SSSR count). The van der Waals surface area contributed by atoms with E-state index in [1.807, 2.05) is 4.93 Å². The van der Waals surface area contributed by atoms with Crippen molar-refractivity contribution in [2.24, 2.45) is 0 Å². The molecule has 0 N–H and O–H groups in total. The van der Waals surface area contributed by atoms with Crippen LogP contribution in [0.2, 0.25) is 0 Å². The van der Waals surface area contributed by atoms with Gasteiger partial charge in [0, 0.05) is 18.4 Å². The Morgan fingerprint density at radius 1 is 0.970 bits per heavy atom. The summed E-state index contributed by atoms with van der Waals surface area (Å²) < 4.78 is 5.62. The Morgan fingerprint density at radius 2 is 1.64 bits per heavy atom. The van der Waals surface area contributed by atoms with E-state index in [0.717, 1.165) is 31.1 Å². The molecule has 0 saturated heterocycles. The Morgan fingerprint density at radius 3 is 2.30 bits per heavy atom. The number of ether oxygens (including phenoxy) is 1. The summed E-state index contributed by atoms with van der Waals surface area (Å²) in [5.41, 5.74) is 10.7. The molecule has 33 heavy (non-hydrogen) atoms. The van der Waals surface area contributed by atoms with E-state index in [2.05, 4.69) is 73.7 Å². The Bertz CT molecular complexity index is 959. The molecule has 0 radical (unpaired) electrons. The average molecular weight is 560 g/mol. The highest BCUT2D eigenvalue weighted by molar-refractivity contribution is 14.1. The summed E-state index contributed by atoms with van der Waals surface area (Å²) in [5, 5.41) is 8.89. The Labute approximate surface area is 216 Å². The van der Waals surface area contributed by atoms with Gasteiger partial charge in [0.15, 0.2) is 0 Å². The average Bonchev–Trinajstić information content (AvgIpc) is 3.55. The molecule has 2 atom stereocenters. The Hall–Kier alpha value is -1.54. The molecule has 1 heterocycles. The lowest BCUT2D eigenvalue weighted by molar-refractivity contribution is 0.357. The van der Waals surface area contributed by atoms with Gasteiger partial charge in [-0.15, -0.1) is 0 Å². The Balaban J connectivity index is 0.000000212. The van der Waals surface area contributed by atoms with Crippen molar-refractivity contribution < 1.29 is 4.74 Å². The molecule has 3 heteroatoms. The molecule has 0 aromatic heterocycles. The molecule has 0 amide bonds. The van der Waals surface area contributed by atoms with Crippen LogP contribution in [-0.2, 0) is 25.7 Å². The molecule has 3 aliphatic rings. The molecule has 2 aliphatic carbocycles. The number of hydrogen-bond donors (Lipinski definition) is 0. The number of benzene rings is 2. The number of nitrogens with zero attached hydrogens (tertiary/aromatic N) is 1. The third-order valence-electron chi connectivity index (χ3n) is 7.37. The second-order valence-electron chi connectivity index (χ2n) is 9.14. The summed E-state index contributed by atoms with van der Waals surface area (Å²) in [6.45, 7) is 7.62. The van der Waals surface area contributed by atoms with Crippen molar-refractivity contribution in [1.29, 1.82) is 5.26 Å². The fourth-order valence-corrected chi connectivity index (χ4v) is 5.88.